The number of rotatable bonds is 10. The van der Waals surface area contributed by atoms with E-state index >= 15 is 0 Å². The van der Waals surface area contributed by atoms with Gasteiger partial charge in [-0.1, -0.05) is 35.9 Å². The van der Waals surface area contributed by atoms with Crippen molar-refractivity contribution in [3.8, 4) is 28.3 Å². The van der Waals surface area contributed by atoms with Gasteiger partial charge in [0.1, 0.15) is 11.3 Å². The van der Waals surface area contributed by atoms with Gasteiger partial charge in [0.2, 0.25) is 11.8 Å². The average Bonchev–Trinajstić information content (AvgIpc) is 3.68. The Hall–Kier alpha value is -4.75. The lowest BCUT2D eigenvalue weighted by Gasteiger charge is -2.31. The molecule has 7 rings (SSSR count). The van der Waals surface area contributed by atoms with Crippen LogP contribution >= 0.6 is 11.6 Å². The second-order valence-corrected chi connectivity index (χ2v) is 13.9. The summed E-state index contributed by atoms with van der Waals surface area (Å²) >= 11 is 6.94. The Morgan fingerprint density at radius 1 is 1.12 bits per heavy atom. The smallest absolute Gasteiger partial charge is 0.387 e. The molecule has 9 nitrogen and oxygen atoms in total. The van der Waals surface area contributed by atoms with Gasteiger partial charge in [-0.25, -0.2) is 18.7 Å². The van der Waals surface area contributed by atoms with Crippen molar-refractivity contribution in [2.75, 3.05) is 18.4 Å². The molecule has 2 aliphatic rings. The van der Waals surface area contributed by atoms with Gasteiger partial charge in [-0.05, 0) is 68.0 Å². The number of carbonyl (C=O) groups excluding carboxylic acids is 2. The minimum absolute atomic E-state index is 0.0314. The summed E-state index contributed by atoms with van der Waals surface area (Å²) in [5.41, 5.74) is 5.34. The maximum Gasteiger partial charge on any atom is 0.387 e. The highest BCUT2D eigenvalue weighted by molar-refractivity contribution is 6.36. The molecule has 272 valence electrons. The largest absolute Gasteiger partial charge is 0.436 e. The number of alkyl halides is 4. The van der Waals surface area contributed by atoms with E-state index < -0.39 is 18.4 Å². The van der Waals surface area contributed by atoms with Crippen molar-refractivity contribution >= 4 is 40.6 Å². The summed E-state index contributed by atoms with van der Waals surface area (Å²) in [7, 11) is 1.82. The molecule has 5 aromatic rings. The van der Waals surface area contributed by atoms with Crippen molar-refractivity contribution in [2.45, 2.75) is 64.5 Å². The highest BCUT2D eigenvalue weighted by atomic mass is 35.5. The summed E-state index contributed by atoms with van der Waals surface area (Å²) in [4.78, 5) is 36.6. The van der Waals surface area contributed by atoms with E-state index in [1.165, 1.54) is 12.1 Å². The van der Waals surface area contributed by atoms with Crippen LogP contribution in [-0.2, 0) is 20.0 Å². The number of fused-ring (bicyclic) bond motifs is 2. The van der Waals surface area contributed by atoms with Crippen molar-refractivity contribution in [1.82, 2.24) is 19.4 Å². The highest BCUT2D eigenvalue weighted by Crippen LogP contribution is 2.40. The van der Waals surface area contributed by atoms with Crippen LogP contribution in [0.1, 0.15) is 70.0 Å². The summed E-state index contributed by atoms with van der Waals surface area (Å²) in [6.45, 7) is 0.947. The van der Waals surface area contributed by atoms with Crippen LogP contribution < -0.4 is 10.1 Å². The van der Waals surface area contributed by atoms with Gasteiger partial charge in [0.05, 0.1) is 22.0 Å². The molecule has 0 radical (unpaired) electrons. The first-order chi connectivity index (χ1) is 24.9. The number of aromatic nitrogens is 3. The van der Waals surface area contributed by atoms with Crippen molar-refractivity contribution in [3.63, 3.8) is 0 Å². The van der Waals surface area contributed by atoms with E-state index in [1.807, 2.05) is 30.7 Å². The molecule has 0 unspecified atom stereocenters. The number of anilines is 1. The first kappa shape index (κ1) is 35.6. The number of nitrogens with zero attached hydrogens (tertiary/aromatic N) is 4. The van der Waals surface area contributed by atoms with E-state index in [2.05, 4.69) is 19.9 Å². The van der Waals surface area contributed by atoms with Crippen LogP contribution in [0.25, 0.3) is 33.7 Å². The molecule has 14 heteroatoms. The van der Waals surface area contributed by atoms with Gasteiger partial charge < -0.3 is 19.0 Å². The van der Waals surface area contributed by atoms with E-state index in [1.54, 1.807) is 24.3 Å². The summed E-state index contributed by atoms with van der Waals surface area (Å²) in [6.07, 6.45) is 3.07. The third kappa shape index (κ3) is 7.16. The van der Waals surface area contributed by atoms with Gasteiger partial charge in [-0.15, -0.1) is 0 Å². The zero-order valence-corrected chi connectivity index (χ0v) is 29.3. The predicted octanol–water partition coefficient (Wildman–Crippen LogP) is 9.10. The summed E-state index contributed by atoms with van der Waals surface area (Å²) < 4.78 is 65.2. The van der Waals surface area contributed by atoms with E-state index in [0.717, 1.165) is 48.4 Å². The average molecular weight is 738 g/mol. The number of oxazole rings is 1. The molecule has 3 heterocycles. The molecule has 1 saturated carbocycles. The summed E-state index contributed by atoms with van der Waals surface area (Å²) in [5.74, 6) is -2.47. The van der Waals surface area contributed by atoms with Crippen LogP contribution in [0.15, 0.2) is 52.9 Å². The number of hydrogen-bond acceptors (Lipinski definition) is 7. The molecule has 1 amide bonds. The maximum atomic E-state index is 13.6. The number of hydrogen-bond donors (Lipinski definition) is 1. The van der Waals surface area contributed by atoms with Gasteiger partial charge in [0, 0.05) is 62.3 Å². The van der Waals surface area contributed by atoms with Crippen molar-refractivity contribution < 1.29 is 36.3 Å². The summed E-state index contributed by atoms with van der Waals surface area (Å²) in [5, 5.41) is 3.24. The van der Waals surface area contributed by atoms with E-state index in [4.69, 9.17) is 21.0 Å². The lowest BCUT2D eigenvalue weighted by molar-refractivity contribution is -0.0501. The van der Waals surface area contributed by atoms with Crippen LogP contribution in [0.3, 0.4) is 0 Å². The molecule has 0 saturated heterocycles. The second kappa shape index (κ2) is 14.3. The van der Waals surface area contributed by atoms with Crippen molar-refractivity contribution in [1.29, 1.82) is 0 Å². The molecule has 0 spiro atoms. The number of aldehydes is 1. The maximum absolute atomic E-state index is 13.6. The van der Waals surface area contributed by atoms with E-state index in [-0.39, 0.29) is 41.5 Å². The van der Waals surface area contributed by atoms with Crippen LogP contribution in [0.5, 0.6) is 5.75 Å². The predicted molar refractivity (Wildman–Crippen MR) is 188 cm³/mol. The topological polar surface area (TPSA) is 102 Å². The number of carbonyl (C=O) groups is 2. The molecule has 1 aliphatic heterocycles. The molecule has 1 fully saturated rings. The fraction of sp³-hybridized carbons (Fsp3) is 0.368. The number of benzene rings is 3. The lowest BCUT2D eigenvalue weighted by atomic mass is 9.84. The van der Waals surface area contributed by atoms with E-state index in [9.17, 15) is 27.2 Å². The third-order valence-electron chi connectivity index (χ3n) is 10.2. The molecule has 0 bridgehead atoms. The highest BCUT2D eigenvalue weighted by Gasteiger charge is 2.35. The van der Waals surface area contributed by atoms with Crippen LogP contribution in [-0.4, -0.2) is 57.3 Å². The second-order valence-electron chi connectivity index (χ2n) is 13.5. The normalized spacial score (nSPS) is 16.3. The molecular weight excluding hydrogens is 702 g/mol. The zero-order valence-electron chi connectivity index (χ0n) is 28.5. The quantitative estimate of drug-likeness (QED) is 0.113. The monoisotopic (exact) mass is 737 g/mol. The molecular formula is C38H36ClF4N5O4. The molecule has 3 aromatic carbocycles. The fourth-order valence-electron chi connectivity index (χ4n) is 7.28. The SMILES string of the molecule is Cc1c(-c2nc3cc(C=O)c(OC(F)F)cc3o2)cccc1-c1cccc(NC(=O)c2nc3c(n2C)CCN(CCC2CCC(F)(F)CC2)C3)c1Cl. The van der Waals surface area contributed by atoms with Crippen molar-refractivity contribution in [3.05, 3.63) is 81.9 Å². The van der Waals surface area contributed by atoms with Gasteiger partial charge in [-0.3, -0.25) is 14.5 Å². The molecule has 1 aliphatic carbocycles. The number of amides is 1. The lowest BCUT2D eigenvalue weighted by Crippen LogP contribution is -2.34. The molecule has 2 aromatic heterocycles. The number of ether oxygens (including phenoxy) is 1. The minimum atomic E-state index is -3.12. The number of nitrogens with one attached hydrogen (secondary N) is 1. The van der Waals surface area contributed by atoms with Gasteiger partial charge >= 0.3 is 6.61 Å². The van der Waals surface area contributed by atoms with Gasteiger partial charge in [-0.2, -0.15) is 8.78 Å². The Labute approximate surface area is 301 Å². The first-order valence-electron chi connectivity index (χ1n) is 17.1. The first-order valence-corrected chi connectivity index (χ1v) is 17.5. The Morgan fingerprint density at radius 3 is 2.60 bits per heavy atom. The van der Waals surface area contributed by atoms with Crippen LogP contribution in [0.4, 0.5) is 23.2 Å². The zero-order chi connectivity index (χ0) is 36.7. The molecule has 52 heavy (non-hydrogen) atoms. The molecule has 1 N–H and O–H groups in total. The standard InChI is InChI=1S/C38H36ClF4N5O4/c1-21-24(5-3-6-25(21)36-46-28-17-23(20-49)31(52-37(40)41)18-32(28)51-36)26-7-4-8-27(33(26)39)45-35(50)34-44-29-19-48(16-12-30(29)47(34)2)15-11-22-9-13-38(42,43)14-10-22/h3-8,17-18,20,22,37H,9-16,19H2,1-2H3,(H,45,50). The van der Waals surface area contributed by atoms with E-state index in [0.29, 0.717) is 58.9 Å². The van der Waals surface area contributed by atoms with Crippen LogP contribution in [0, 0.1) is 12.8 Å². The summed E-state index contributed by atoms with van der Waals surface area (Å²) in [6, 6.07) is 13.3. The number of halogens is 5. The minimum Gasteiger partial charge on any atom is -0.436 e. The van der Waals surface area contributed by atoms with Gasteiger partial charge in [0.25, 0.3) is 5.91 Å². The van der Waals surface area contributed by atoms with Gasteiger partial charge in [0.15, 0.2) is 17.7 Å². The number of imidazole rings is 1. The Morgan fingerprint density at radius 2 is 1.85 bits per heavy atom. The Kier molecular flexibility index (Phi) is 9.83. The fourth-order valence-corrected chi connectivity index (χ4v) is 7.56. The van der Waals surface area contributed by atoms with Crippen LogP contribution in [0.2, 0.25) is 5.02 Å². The molecule has 0 atom stereocenters. The third-order valence-corrected chi connectivity index (χ3v) is 10.6. The Bertz CT molecular complexity index is 2160. The van der Waals surface area contributed by atoms with Crippen molar-refractivity contribution in [2.24, 2.45) is 13.0 Å². The Balaban J connectivity index is 1.08.